The van der Waals surface area contributed by atoms with Gasteiger partial charge in [-0.3, -0.25) is 4.90 Å². The zero-order valence-electron chi connectivity index (χ0n) is 19.1. The van der Waals surface area contributed by atoms with Gasteiger partial charge in [0.05, 0.1) is 0 Å². The molecule has 3 aromatic rings. The Hall–Kier alpha value is -2.76. The van der Waals surface area contributed by atoms with Crippen LogP contribution in [0.2, 0.25) is 0 Å². The predicted molar refractivity (Wildman–Crippen MR) is 132 cm³/mol. The smallest absolute Gasteiger partial charge is 0.123 e. The zero-order chi connectivity index (χ0) is 22.9. The third kappa shape index (κ3) is 7.11. The lowest BCUT2D eigenvalue weighted by molar-refractivity contribution is 0.134. The Morgan fingerprint density at radius 1 is 0.667 bits per heavy atom. The molecule has 0 atom stereocenters. The van der Waals surface area contributed by atoms with E-state index in [0.717, 1.165) is 69.8 Å². The molecule has 33 heavy (non-hydrogen) atoms. The van der Waals surface area contributed by atoms with Crippen LogP contribution in [0.1, 0.15) is 29.9 Å². The number of halogens is 2. The average Bonchev–Trinajstić information content (AvgIpc) is 2.85. The number of nitrogens with one attached hydrogen (secondary N) is 1. The number of hydrogen-bond acceptors (Lipinski definition) is 3. The molecule has 0 bridgehead atoms. The summed E-state index contributed by atoms with van der Waals surface area (Å²) in [6.07, 6.45) is 2.01. The Labute approximate surface area is 196 Å². The first-order chi connectivity index (χ1) is 16.2. The van der Waals surface area contributed by atoms with Crippen LogP contribution in [0.5, 0.6) is 0 Å². The molecule has 1 fully saturated rings. The molecule has 0 aliphatic carbocycles. The minimum absolute atomic E-state index is 0.150. The highest BCUT2D eigenvalue weighted by Gasteiger charge is 2.18. The van der Waals surface area contributed by atoms with Crippen LogP contribution in [0.15, 0.2) is 78.9 Å². The first kappa shape index (κ1) is 23.4. The van der Waals surface area contributed by atoms with Crippen LogP contribution < -0.4 is 5.32 Å². The fourth-order valence-corrected chi connectivity index (χ4v) is 4.59. The third-order valence-corrected chi connectivity index (χ3v) is 6.51. The molecular weight excluding hydrogens is 416 g/mol. The number of piperazine rings is 1. The minimum atomic E-state index is -0.228. The maximum atomic E-state index is 13.4. The highest BCUT2D eigenvalue weighted by molar-refractivity contribution is 5.42. The van der Waals surface area contributed by atoms with Gasteiger partial charge in [0.25, 0.3) is 0 Å². The quantitative estimate of drug-likeness (QED) is 0.434. The van der Waals surface area contributed by atoms with Gasteiger partial charge in [0, 0.05) is 50.9 Å². The average molecular weight is 450 g/mol. The van der Waals surface area contributed by atoms with Crippen molar-refractivity contribution >= 4 is 5.69 Å². The van der Waals surface area contributed by atoms with Crippen LogP contribution in [0.3, 0.4) is 0 Å². The van der Waals surface area contributed by atoms with Gasteiger partial charge >= 0.3 is 0 Å². The van der Waals surface area contributed by atoms with E-state index >= 15 is 0 Å². The molecule has 0 radical (unpaired) electrons. The molecule has 0 spiro atoms. The van der Waals surface area contributed by atoms with E-state index in [1.165, 1.54) is 30.0 Å². The van der Waals surface area contributed by atoms with Crippen molar-refractivity contribution in [1.29, 1.82) is 0 Å². The van der Waals surface area contributed by atoms with Gasteiger partial charge < -0.3 is 10.2 Å². The Morgan fingerprint density at radius 3 is 1.73 bits per heavy atom. The number of para-hydroxylation sites is 1. The molecule has 5 heteroatoms. The van der Waals surface area contributed by atoms with Gasteiger partial charge in [0.1, 0.15) is 11.6 Å². The first-order valence-corrected chi connectivity index (χ1v) is 11.9. The SMILES string of the molecule is Fc1ccc(C(CCCN2CCN(CCNc3ccccc3)CC2)c2ccc(F)cc2)cc1. The van der Waals surface area contributed by atoms with E-state index in [-0.39, 0.29) is 17.6 Å². The summed E-state index contributed by atoms with van der Waals surface area (Å²) in [5.74, 6) is -0.307. The lowest BCUT2D eigenvalue weighted by Crippen LogP contribution is -2.47. The van der Waals surface area contributed by atoms with E-state index in [9.17, 15) is 8.78 Å². The topological polar surface area (TPSA) is 18.5 Å². The van der Waals surface area contributed by atoms with Crippen molar-refractivity contribution in [1.82, 2.24) is 9.80 Å². The molecule has 1 saturated heterocycles. The second kappa shape index (κ2) is 11.9. The molecule has 0 amide bonds. The van der Waals surface area contributed by atoms with Gasteiger partial charge in [-0.25, -0.2) is 8.78 Å². The summed E-state index contributed by atoms with van der Waals surface area (Å²) in [5, 5.41) is 3.49. The van der Waals surface area contributed by atoms with Crippen LogP contribution >= 0.6 is 0 Å². The van der Waals surface area contributed by atoms with Gasteiger partial charge in [-0.05, 0) is 66.9 Å². The van der Waals surface area contributed by atoms with Gasteiger partial charge in [0.2, 0.25) is 0 Å². The molecule has 1 N–H and O–H groups in total. The van der Waals surface area contributed by atoms with Crippen LogP contribution in [0, 0.1) is 11.6 Å². The Bertz CT molecular complexity index is 907. The van der Waals surface area contributed by atoms with E-state index in [2.05, 4.69) is 39.4 Å². The molecule has 4 rings (SSSR count). The van der Waals surface area contributed by atoms with Crippen molar-refractivity contribution in [2.45, 2.75) is 18.8 Å². The molecule has 3 nitrogen and oxygen atoms in total. The van der Waals surface area contributed by atoms with Crippen LogP contribution in [0.25, 0.3) is 0 Å². The summed E-state index contributed by atoms with van der Waals surface area (Å²) >= 11 is 0. The highest BCUT2D eigenvalue weighted by Crippen LogP contribution is 2.30. The van der Waals surface area contributed by atoms with Crippen LogP contribution in [-0.2, 0) is 0 Å². The van der Waals surface area contributed by atoms with Crippen molar-refractivity contribution in [3.8, 4) is 0 Å². The molecule has 0 unspecified atom stereocenters. The van der Waals surface area contributed by atoms with E-state index in [1.807, 2.05) is 30.3 Å². The van der Waals surface area contributed by atoms with E-state index in [1.54, 1.807) is 0 Å². The van der Waals surface area contributed by atoms with Crippen molar-refractivity contribution < 1.29 is 8.78 Å². The van der Waals surface area contributed by atoms with Crippen molar-refractivity contribution in [3.05, 3.63) is 102 Å². The summed E-state index contributed by atoms with van der Waals surface area (Å²) in [5.41, 5.74) is 3.34. The lowest BCUT2D eigenvalue weighted by atomic mass is 9.87. The number of benzene rings is 3. The fourth-order valence-electron chi connectivity index (χ4n) is 4.59. The Balaban J connectivity index is 1.22. The standard InChI is InChI=1S/C28H33F2N3/c29-25-12-8-23(9-13-25)28(24-10-14-26(30)15-11-24)7-4-17-32-19-21-33(22-20-32)18-16-31-27-5-2-1-3-6-27/h1-3,5-6,8-15,28,31H,4,7,16-22H2. The number of rotatable bonds is 10. The van der Waals surface area contributed by atoms with E-state index in [4.69, 9.17) is 0 Å². The summed E-state index contributed by atoms with van der Waals surface area (Å²) < 4.78 is 26.9. The van der Waals surface area contributed by atoms with E-state index in [0.29, 0.717) is 0 Å². The zero-order valence-corrected chi connectivity index (χ0v) is 19.1. The van der Waals surface area contributed by atoms with Crippen LogP contribution in [-0.4, -0.2) is 55.6 Å². The highest BCUT2D eigenvalue weighted by atomic mass is 19.1. The first-order valence-electron chi connectivity index (χ1n) is 11.9. The second-order valence-electron chi connectivity index (χ2n) is 8.77. The largest absolute Gasteiger partial charge is 0.384 e. The summed E-state index contributed by atoms with van der Waals surface area (Å²) in [6, 6.07) is 23.8. The molecular formula is C28H33F2N3. The number of hydrogen-bond donors (Lipinski definition) is 1. The van der Waals surface area contributed by atoms with Gasteiger partial charge in [-0.2, -0.15) is 0 Å². The Kier molecular flexibility index (Phi) is 8.45. The monoisotopic (exact) mass is 449 g/mol. The van der Waals surface area contributed by atoms with Gasteiger partial charge in [-0.15, -0.1) is 0 Å². The van der Waals surface area contributed by atoms with Crippen molar-refractivity contribution in [2.75, 3.05) is 51.1 Å². The summed E-state index contributed by atoms with van der Waals surface area (Å²) in [4.78, 5) is 5.06. The minimum Gasteiger partial charge on any atom is -0.384 e. The van der Waals surface area contributed by atoms with Gasteiger partial charge in [0.15, 0.2) is 0 Å². The maximum Gasteiger partial charge on any atom is 0.123 e. The van der Waals surface area contributed by atoms with E-state index < -0.39 is 0 Å². The molecule has 1 aliphatic rings. The Morgan fingerprint density at radius 2 is 1.18 bits per heavy atom. The number of anilines is 1. The molecule has 1 aliphatic heterocycles. The molecule has 0 saturated carbocycles. The molecule has 3 aromatic carbocycles. The lowest BCUT2D eigenvalue weighted by Gasteiger charge is -2.35. The fraction of sp³-hybridized carbons (Fsp3) is 0.357. The maximum absolute atomic E-state index is 13.4. The van der Waals surface area contributed by atoms with Crippen molar-refractivity contribution in [3.63, 3.8) is 0 Å². The molecule has 0 aromatic heterocycles. The number of nitrogens with zero attached hydrogens (tertiary/aromatic N) is 2. The van der Waals surface area contributed by atoms with Crippen molar-refractivity contribution in [2.24, 2.45) is 0 Å². The summed E-state index contributed by atoms with van der Waals surface area (Å²) in [7, 11) is 0. The predicted octanol–water partition coefficient (Wildman–Crippen LogP) is 5.61. The third-order valence-electron chi connectivity index (χ3n) is 6.51. The second-order valence-corrected chi connectivity index (χ2v) is 8.77. The summed E-state index contributed by atoms with van der Waals surface area (Å²) in [6.45, 7) is 7.42. The normalized spacial score (nSPS) is 15.1. The van der Waals surface area contributed by atoms with Gasteiger partial charge in [-0.1, -0.05) is 42.5 Å². The van der Waals surface area contributed by atoms with Crippen LogP contribution in [0.4, 0.5) is 14.5 Å². The molecule has 174 valence electrons. The molecule has 1 heterocycles.